The zero-order valence-electron chi connectivity index (χ0n) is 23.0. The standard InChI is InChI=1S/C32H34N4O4.2ClH/c33-19-23-10-14-25(15-11-23)21-35-31(39)8-2-6-29(37)27-4-1-5-28(18-27)30(38)7-3-9-32(40)36-22-26-16-12-24(20-34)13-17-26;;/h1,4-5,10-18,29-30,37-38H,8-9,19-22,33-34H2,(H,35,39)(H,36,40);2*1H. The van der Waals surface area contributed by atoms with Gasteiger partial charge in [0.2, 0.25) is 11.8 Å². The second kappa shape index (κ2) is 19.3. The van der Waals surface area contributed by atoms with Gasteiger partial charge in [-0.3, -0.25) is 9.59 Å². The van der Waals surface area contributed by atoms with E-state index in [1.165, 1.54) is 0 Å². The van der Waals surface area contributed by atoms with Gasteiger partial charge in [0, 0.05) is 26.2 Å². The molecular formula is C32H36Cl2N4O4. The number of hydrogen-bond donors (Lipinski definition) is 6. The van der Waals surface area contributed by atoms with E-state index < -0.39 is 12.2 Å². The molecule has 0 saturated carbocycles. The molecule has 3 aromatic carbocycles. The quantitative estimate of drug-likeness (QED) is 0.194. The summed E-state index contributed by atoms with van der Waals surface area (Å²) in [6.45, 7) is 1.68. The van der Waals surface area contributed by atoms with Gasteiger partial charge in [-0.1, -0.05) is 90.4 Å². The molecule has 2 atom stereocenters. The van der Waals surface area contributed by atoms with Crippen LogP contribution in [-0.2, 0) is 35.8 Å². The Balaban J connectivity index is 0.00000441. The van der Waals surface area contributed by atoms with Crippen molar-refractivity contribution in [2.24, 2.45) is 11.5 Å². The Bertz CT molecular complexity index is 1300. The molecule has 222 valence electrons. The lowest BCUT2D eigenvalue weighted by Gasteiger charge is -2.09. The van der Waals surface area contributed by atoms with E-state index in [1.807, 2.05) is 48.5 Å². The predicted molar refractivity (Wildman–Crippen MR) is 168 cm³/mol. The van der Waals surface area contributed by atoms with Crippen molar-refractivity contribution in [3.05, 3.63) is 106 Å². The molecule has 42 heavy (non-hydrogen) atoms. The summed E-state index contributed by atoms with van der Waals surface area (Å²) in [6, 6.07) is 21.9. The SMILES string of the molecule is Cl.Cl.NCc1ccc(CNC(=O)CC#CC(O)c2cccc(C(O)C#CCC(=O)NCc3ccc(CN)cc3)c2)cc1. The number of carbonyl (C=O) groups is 2. The average Bonchev–Trinajstić information content (AvgIpc) is 2.99. The van der Waals surface area contributed by atoms with Crippen LogP contribution in [0.25, 0.3) is 0 Å². The number of rotatable bonds is 10. The van der Waals surface area contributed by atoms with Gasteiger partial charge in [0.25, 0.3) is 0 Å². The van der Waals surface area contributed by atoms with Gasteiger partial charge >= 0.3 is 0 Å². The van der Waals surface area contributed by atoms with Crippen LogP contribution in [0.1, 0.15) is 58.4 Å². The van der Waals surface area contributed by atoms with Crippen LogP contribution >= 0.6 is 24.8 Å². The van der Waals surface area contributed by atoms with Crippen molar-refractivity contribution in [3.63, 3.8) is 0 Å². The predicted octanol–water partition coefficient (Wildman–Crippen LogP) is 2.93. The lowest BCUT2D eigenvalue weighted by Crippen LogP contribution is -2.21. The number of amides is 2. The first-order valence-electron chi connectivity index (χ1n) is 12.9. The zero-order chi connectivity index (χ0) is 28.7. The monoisotopic (exact) mass is 610 g/mol. The second-order valence-electron chi connectivity index (χ2n) is 9.07. The van der Waals surface area contributed by atoms with Gasteiger partial charge in [0.1, 0.15) is 12.2 Å². The summed E-state index contributed by atoms with van der Waals surface area (Å²) in [5.74, 6) is 10.2. The third-order valence-electron chi connectivity index (χ3n) is 6.01. The maximum absolute atomic E-state index is 12.1. The average molecular weight is 612 g/mol. The number of hydrogen-bond acceptors (Lipinski definition) is 6. The van der Waals surface area contributed by atoms with E-state index in [2.05, 4.69) is 34.3 Å². The van der Waals surface area contributed by atoms with Crippen molar-refractivity contribution >= 4 is 36.6 Å². The number of benzene rings is 3. The smallest absolute Gasteiger partial charge is 0.232 e. The summed E-state index contributed by atoms with van der Waals surface area (Å²) in [5.41, 5.74) is 16.0. The maximum Gasteiger partial charge on any atom is 0.232 e. The number of aliphatic hydroxyl groups is 2. The summed E-state index contributed by atoms with van der Waals surface area (Å²) in [6.07, 6.45) is -2.40. The van der Waals surface area contributed by atoms with Crippen LogP contribution in [0.2, 0.25) is 0 Å². The molecule has 2 amide bonds. The number of aliphatic hydroxyl groups excluding tert-OH is 2. The molecule has 0 saturated heterocycles. The van der Waals surface area contributed by atoms with Crippen molar-refractivity contribution in [2.75, 3.05) is 0 Å². The lowest BCUT2D eigenvalue weighted by atomic mass is 10.0. The Morgan fingerprint density at radius 1 is 0.643 bits per heavy atom. The molecule has 10 heteroatoms. The number of nitrogens with one attached hydrogen (secondary N) is 2. The normalized spacial score (nSPS) is 11.1. The highest BCUT2D eigenvalue weighted by Gasteiger charge is 2.09. The van der Waals surface area contributed by atoms with Gasteiger partial charge < -0.3 is 32.3 Å². The minimum absolute atomic E-state index is 0. The maximum atomic E-state index is 12.1. The first-order chi connectivity index (χ1) is 19.4. The molecule has 8 N–H and O–H groups in total. The van der Waals surface area contributed by atoms with Gasteiger partial charge in [-0.25, -0.2) is 0 Å². The summed E-state index contributed by atoms with van der Waals surface area (Å²) in [4.78, 5) is 24.2. The van der Waals surface area contributed by atoms with E-state index in [9.17, 15) is 19.8 Å². The minimum atomic E-state index is -1.14. The first kappa shape index (κ1) is 36.2. The van der Waals surface area contributed by atoms with E-state index in [1.54, 1.807) is 24.3 Å². The molecule has 0 aromatic heterocycles. The lowest BCUT2D eigenvalue weighted by molar-refractivity contribution is -0.121. The topological polar surface area (TPSA) is 151 Å². The Morgan fingerprint density at radius 3 is 1.36 bits per heavy atom. The molecular weight excluding hydrogens is 575 g/mol. The number of carbonyl (C=O) groups excluding carboxylic acids is 2. The summed E-state index contributed by atoms with van der Waals surface area (Å²) in [7, 11) is 0. The molecule has 0 radical (unpaired) electrons. The largest absolute Gasteiger partial charge is 0.376 e. The summed E-state index contributed by atoms with van der Waals surface area (Å²) < 4.78 is 0. The van der Waals surface area contributed by atoms with Crippen LogP contribution in [-0.4, -0.2) is 22.0 Å². The van der Waals surface area contributed by atoms with Crippen molar-refractivity contribution < 1.29 is 19.8 Å². The number of halogens is 2. The highest BCUT2D eigenvalue weighted by Crippen LogP contribution is 2.18. The third-order valence-corrected chi connectivity index (χ3v) is 6.01. The van der Waals surface area contributed by atoms with E-state index in [-0.39, 0.29) is 49.5 Å². The molecule has 0 aliphatic carbocycles. The molecule has 3 rings (SSSR count). The van der Waals surface area contributed by atoms with Gasteiger partial charge in [0.15, 0.2) is 0 Å². The van der Waals surface area contributed by atoms with Crippen molar-refractivity contribution in [3.8, 4) is 23.7 Å². The molecule has 2 unspecified atom stereocenters. The van der Waals surface area contributed by atoms with Gasteiger partial charge in [-0.15, -0.1) is 24.8 Å². The van der Waals surface area contributed by atoms with Crippen LogP contribution in [0.15, 0.2) is 72.8 Å². The fraction of sp³-hybridized carbons (Fsp3) is 0.250. The van der Waals surface area contributed by atoms with Crippen LogP contribution in [0, 0.1) is 23.7 Å². The van der Waals surface area contributed by atoms with Gasteiger partial charge in [0.05, 0.1) is 12.8 Å². The molecule has 0 aliphatic heterocycles. The molecule has 0 bridgehead atoms. The minimum Gasteiger partial charge on any atom is -0.376 e. The Morgan fingerprint density at radius 2 is 1.00 bits per heavy atom. The highest BCUT2D eigenvalue weighted by atomic mass is 35.5. The first-order valence-corrected chi connectivity index (χ1v) is 12.9. The van der Waals surface area contributed by atoms with Crippen LogP contribution in [0.5, 0.6) is 0 Å². The van der Waals surface area contributed by atoms with E-state index in [0.29, 0.717) is 37.3 Å². The van der Waals surface area contributed by atoms with E-state index in [4.69, 9.17) is 11.5 Å². The molecule has 0 spiro atoms. The molecule has 8 nitrogen and oxygen atoms in total. The van der Waals surface area contributed by atoms with Crippen LogP contribution in [0.3, 0.4) is 0 Å². The van der Waals surface area contributed by atoms with Gasteiger partial charge in [-0.05, 0) is 39.4 Å². The Hall–Kier alpha value is -3.86. The van der Waals surface area contributed by atoms with Crippen molar-refractivity contribution in [1.82, 2.24) is 10.6 Å². The van der Waals surface area contributed by atoms with E-state index in [0.717, 1.165) is 22.3 Å². The molecule has 0 heterocycles. The van der Waals surface area contributed by atoms with Crippen molar-refractivity contribution in [1.29, 1.82) is 0 Å². The van der Waals surface area contributed by atoms with Crippen LogP contribution < -0.4 is 22.1 Å². The third kappa shape index (κ3) is 12.3. The Kier molecular flexibility index (Phi) is 16.6. The number of nitrogens with two attached hydrogens (primary N) is 2. The molecule has 0 aliphatic rings. The fourth-order valence-corrected chi connectivity index (χ4v) is 3.63. The Labute approximate surface area is 259 Å². The highest BCUT2D eigenvalue weighted by molar-refractivity contribution is 5.85. The van der Waals surface area contributed by atoms with Crippen LogP contribution in [0.4, 0.5) is 0 Å². The molecule has 0 fully saturated rings. The summed E-state index contributed by atoms with van der Waals surface area (Å²) >= 11 is 0. The van der Waals surface area contributed by atoms with E-state index >= 15 is 0 Å². The van der Waals surface area contributed by atoms with Crippen molar-refractivity contribution in [2.45, 2.75) is 51.2 Å². The second-order valence-corrected chi connectivity index (χ2v) is 9.07. The van der Waals surface area contributed by atoms with Gasteiger partial charge in [-0.2, -0.15) is 0 Å². The summed E-state index contributed by atoms with van der Waals surface area (Å²) in [5, 5.41) is 26.4. The fourth-order valence-electron chi connectivity index (χ4n) is 3.63. The zero-order valence-corrected chi connectivity index (χ0v) is 24.6. The molecule has 3 aromatic rings.